The van der Waals surface area contributed by atoms with Crippen LogP contribution in [0.5, 0.6) is 11.5 Å². The molecule has 0 saturated carbocycles. The Kier molecular flexibility index (Phi) is 6.78. The highest BCUT2D eigenvalue weighted by Crippen LogP contribution is 2.36. The topological polar surface area (TPSA) is 89.0 Å². The number of aliphatic imine (C=N–C) groups is 1. The molecule has 0 aromatic heterocycles. The van der Waals surface area contributed by atoms with Crippen LogP contribution in [0.15, 0.2) is 17.1 Å². The molecule has 9 heteroatoms. The molecule has 0 bridgehead atoms. The Labute approximate surface area is 153 Å². The summed E-state index contributed by atoms with van der Waals surface area (Å²) in [4.78, 5) is 4.14. The van der Waals surface area contributed by atoms with Gasteiger partial charge in [0.15, 0.2) is 27.3 Å². The van der Waals surface area contributed by atoms with E-state index in [-0.39, 0.29) is 17.5 Å². The van der Waals surface area contributed by atoms with Gasteiger partial charge in [0.2, 0.25) is 0 Å². The molecule has 1 fully saturated rings. The zero-order valence-electron chi connectivity index (χ0n) is 14.6. The Morgan fingerprint density at radius 2 is 2.20 bits per heavy atom. The lowest BCUT2D eigenvalue weighted by molar-refractivity contribution is 0.311. The summed E-state index contributed by atoms with van der Waals surface area (Å²) >= 11 is 6.26. The number of hydrogen-bond donors (Lipinski definition) is 2. The number of guanidine groups is 1. The van der Waals surface area contributed by atoms with Gasteiger partial charge >= 0.3 is 0 Å². The number of benzene rings is 1. The molecule has 1 heterocycles. The number of nitrogens with one attached hydrogen (secondary N) is 2. The first-order valence-corrected chi connectivity index (χ1v) is 10.2. The number of nitrogens with zero attached hydrogens (tertiary/aromatic N) is 1. The van der Waals surface area contributed by atoms with E-state index in [4.69, 9.17) is 21.1 Å². The van der Waals surface area contributed by atoms with Crippen LogP contribution in [-0.4, -0.2) is 52.7 Å². The average Bonchev–Trinajstić information content (AvgIpc) is 2.92. The summed E-state index contributed by atoms with van der Waals surface area (Å²) in [5, 5.41) is 6.77. The molecule has 1 aliphatic heterocycles. The predicted molar refractivity (Wildman–Crippen MR) is 99.6 cm³/mol. The molecule has 1 aliphatic rings. The maximum atomic E-state index is 11.5. The van der Waals surface area contributed by atoms with Crippen molar-refractivity contribution in [3.05, 3.63) is 22.7 Å². The first kappa shape index (κ1) is 19.7. The van der Waals surface area contributed by atoms with E-state index in [1.54, 1.807) is 20.2 Å². The van der Waals surface area contributed by atoms with Crippen LogP contribution in [0.4, 0.5) is 0 Å². The van der Waals surface area contributed by atoms with E-state index >= 15 is 0 Å². The van der Waals surface area contributed by atoms with Gasteiger partial charge in [-0.15, -0.1) is 0 Å². The van der Waals surface area contributed by atoms with Gasteiger partial charge in [-0.2, -0.15) is 0 Å². The second kappa shape index (κ2) is 8.62. The Morgan fingerprint density at radius 3 is 2.76 bits per heavy atom. The Morgan fingerprint density at radius 1 is 1.44 bits per heavy atom. The minimum atomic E-state index is -2.93. The molecule has 0 spiro atoms. The standard InChI is InChI=1S/C16H24ClN3O4S/c1-4-24-15-13(17)7-11(8-14(15)23-3)9-19-16(18-2)20-12-5-6-25(21,22)10-12/h7-8,12H,4-6,9-10H2,1-3H3,(H2,18,19,20). The molecule has 1 saturated heterocycles. The van der Waals surface area contributed by atoms with Gasteiger partial charge in [0, 0.05) is 19.6 Å². The van der Waals surface area contributed by atoms with E-state index in [2.05, 4.69) is 15.6 Å². The van der Waals surface area contributed by atoms with Crippen LogP contribution in [-0.2, 0) is 16.4 Å². The number of halogens is 1. The van der Waals surface area contributed by atoms with Gasteiger partial charge < -0.3 is 20.1 Å². The summed E-state index contributed by atoms with van der Waals surface area (Å²) in [5.74, 6) is 1.99. The second-order valence-electron chi connectivity index (χ2n) is 5.71. The molecular formula is C16H24ClN3O4S. The molecule has 0 aliphatic carbocycles. The Balaban J connectivity index is 2.00. The van der Waals surface area contributed by atoms with Crippen molar-refractivity contribution in [3.8, 4) is 11.5 Å². The van der Waals surface area contributed by atoms with E-state index in [0.29, 0.717) is 42.1 Å². The Bertz CT molecular complexity index is 737. The second-order valence-corrected chi connectivity index (χ2v) is 8.35. The molecule has 0 radical (unpaired) electrons. The van der Waals surface area contributed by atoms with E-state index in [0.717, 1.165) is 5.56 Å². The van der Waals surface area contributed by atoms with Crippen molar-refractivity contribution in [2.45, 2.75) is 25.9 Å². The fourth-order valence-electron chi connectivity index (χ4n) is 2.64. The highest BCUT2D eigenvalue weighted by atomic mass is 35.5. The van der Waals surface area contributed by atoms with Crippen LogP contribution in [0, 0.1) is 0 Å². The zero-order valence-corrected chi connectivity index (χ0v) is 16.2. The van der Waals surface area contributed by atoms with Crippen LogP contribution in [0.1, 0.15) is 18.9 Å². The van der Waals surface area contributed by atoms with Gasteiger partial charge in [0.25, 0.3) is 0 Å². The predicted octanol–water partition coefficient (Wildman–Crippen LogP) is 1.60. The largest absolute Gasteiger partial charge is 0.493 e. The maximum absolute atomic E-state index is 11.5. The molecular weight excluding hydrogens is 366 g/mol. The smallest absolute Gasteiger partial charge is 0.191 e. The molecule has 1 unspecified atom stereocenters. The molecule has 2 N–H and O–H groups in total. The summed E-state index contributed by atoms with van der Waals surface area (Å²) in [6, 6.07) is 3.53. The van der Waals surface area contributed by atoms with Gasteiger partial charge in [0.05, 0.1) is 30.2 Å². The van der Waals surface area contributed by atoms with Crippen molar-refractivity contribution in [2.75, 3.05) is 32.3 Å². The van der Waals surface area contributed by atoms with Crippen molar-refractivity contribution >= 4 is 27.4 Å². The monoisotopic (exact) mass is 389 g/mol. The summed E-state index contributed by atoms with van der Waals surface area (Å²) in [5.41, 5.74) is 0.896. The van der Waals surface area contributed by atoms with Gasteiger partial charge in [-0.05, 0) is 31.0 Å². The van der Waals surface area contributed by atoms with E-state index in [9.17, 15) is 8.42 Å². The van der Waals surface area contributed by atoms with E-state index in [1.165, 1.54) is 0 Å². The summed E-state index contributed by atoms with van der Waals surface area (Å²) in [7, 11) is 0.271. The molecule has 25 heavy (non-hydrogen) atoms. The molecule has 2 rings (SSSR count). The van der Waals surface area contributed by atoms with Crippen LogP contribution in [0.3, 0.4) is 0 Å². The molecule has 140 valence electrons. The third-order valence-corrected chi connectivity index (χ3v) is 5.88. The normalized spacial score (nSPS) is 19.5. The van der Waals surface area contributed by atoms with Gasteiger partial charge in [0.1, 0.15) is 0 Å². The quantitative estimate of drug-likeness (QED) is 0.567. The number of methoxy groups -OCH3 is 1. The molecule has 1 atom stereocenters. The zero-order chi connectivity index (χ0) is 18.4. The highest BCUT2D eigenvalue weighted by Gasteiger charge is 2.28. The summed E-state index contributed by atoms with van der Waals surface area (Å²) in [6.45, 7) is 2.83. The van der Waals surface area contributed by atoms with Crippen LogP contribution in [0.25, 0.3) is 0 Å². The van der Waals surface area contributed by atoms with E-state index in [1.807, 2.05) is 13.0 Å². The Hall–Kier alpha value is -1.67. The van der Waals surface area contributed by atoms with Crippen LogP contribution in [0.2, 0.25) is 5.02 Å². The third-order valence-electron chi connectivity index (χ3n) is 3.83. The van der Waals surface area contributed by atoms with Crippen LogP contribution >= 0.6 is 11.6 Å². The number of sulfone groups is 1. The number of hydrogen-bond acceptors (Lipinski definition) is 5. The van der Waals surface area contributed by atoms with Gasteiger partial charge in [-0.25, -0.2) is 8.42 Å². The number of ether oxygens (including phenoxy) is 2. The minimum Gasteiger partial charge on any atom is -0.493 e. The average molecular weight is 390 g/mol. The maximum Gasteiger partial charge on any atom is 0.191 e. The fraction of sp³-hybridized carbons (Fsp3) is 0.562. The van der Waals surface area contributed by atoms with Crippen molar-refractivity contribution in [2.24, 2.45) is 4.99 Å². The van der Waals surface area contributed by atoms with E-state index < -0.39 is 9.84 Å². The molecule has 1 aromatic carbocycles. The third kappa shape index (κ3) is 5.40. The van der Waals surface area contributed by atoms with Crippen molar-refractivity contribution in [1.82, 2.24) is 10.6 Å². The van der Waals surface area contributed by atoms with Crippen LogP contribution < -0.4 is 20.1 Å². The van der Waals surface area contributed by atoms with Crippen molar-refractivity contribution in [3.63, 3.8) is 0 Å². The molecule has 7 nitrogen and oxygen atoms in total. The fourth-order valence-corrected chi connectivity index (χ4v) is 4.60. The number of rotatable bonds is 6. The van der Waals surface area contributed by atoms with Gasteiger partial charge in [-0.3, -0.25) is 4.99 Å². The highest BCUT2D eigenvalue weighted by molar-refractivity contribution is 7.91. The first-order valence-electron chi connectivity index (χ1n) is 8.05. The van der Waals surface area contributed by atoms with Gasteiger partial charge in [-0.1, -0.05) is 11.6 Å². The summed E-state index contributed by atoms with van der Waals surface area (Å²) in [6.07, 6.45) is 0.589. The van der Waals surface area contributed by atoms with Crippen molar-refractivity contribution in [1.29, 1.82) is 0 Å². The lowest BCUT2D eigenvalue weighted by Gasteiger charge is -2.17. The molecule has 1 aromatic rings. The van der Waals surface area contributed by atoms with Crippen molar-refractivity contribution < 1.29 is 17.9 Å². The first-order chi connectivity index (χ1) is 11.9. The lowest BCUT2D eigenvalue weighted by atomic mass is 10.2. The minimum absolute atomic E-state index is 0.116. The SMILES string of the molecule is CCOc1c(Cl)cc(CNC(=NC)NC2CCS(=O)(=O)C2)cc1OC. The lowest BCUT2D eigenvalue weighted by Crippen LogP contribution is -2.43. The molecule has 0 amide bonds. The summed E-state index contributed by atoms with van der Waals surface area (Å²) < 4.78 is 33.9.